The molecule has 21 heavy (non-hydrogen) atoms. The summed E-state index contributed by atoms with van der Waals surface area (Å²) in [6.07, 6.45) is 0. The molecule has 8 nitrogen and oxygen atoms in total. The lowest BCUT2D eigenvalue weighted by Gasteiger charge is -2.06. The van der Waals surface area contributed by atoms with Gasteiger partial charge in [0, 0.05) is 23.8 Å². The highest BCUT2D eigenvalue weighted by Gasteiger charge is 2.24. The first-order valence-corrected chi connectivity index (χ1v) is 5.59. The number of hydrogen-bond donors (Lipinski definition) is 1. The van der Waals surface area contributed by atoms with Crippen LogP contribution in [0.4, 0.5) is 11.4 Å². The Morgan fingerprint density at radius 1 is 1.05 bits per heavy atom. The molecule has 0 aliphatic heterocycles. The van der Waals surface area contributed by atoms with Gasteiger partial charge in [-0.25, -0.2) is 4.79 Å². The first-order valence-electron chi connectivity index (χ1n) is 5.59. The topological polar surface area (TPSA) is 124 Å². The molecule has 0 heterocycles. The fourth-order valence-corrected chi connectivity index (χ4v) is 1.83. The van der Waals surface area contributed by atoms with Gasteiger partial charge in [-0.05, 0) is 29.8 Å². The third-order valence-electron chi connectivity index (χ3n) is 2.75. The summed E-state index contributed by atoms with van der Waals surface area (Å²) in [6.45, 7) is 0. The Hall–Kier alpha value is -3.29. The highest BCUT2D eigenvalue weighted by atomic mass is 16.6. The fourth-order valence-electron chi connectivity index (χ4n) is 1.83. The quantitative estimate of drug-likeness (QED) is 0.680. The SMILES string of the molecule is O=C(O)c1c(-c2ccc([N+](=O)[O-])cc2)[c]ccc1[N+](=O)[O-]. The third kappa shape index (κ3) is 2.68. The number of carboxylic acid groups (broad SMARTS) is 1. The van der Waals surface area contributed by atoms with Crippen molar-refractivity contribution in [1.29, 1.82) is 0 Å². The predicted molar refractivity (Wildman–Crippen MR) is 71.0 cm³/mol. The average Bonchev–Trinajstić information content (AvgIpc) is 2.46. The van der Waals surface area contributed by atoms with Crippen molar-refractivity contribution in [3.63, 3.8) is 0 Å². The molecule has 0 bridgehead atoms. The summed E-state index contributed by atoms with van der Waals surface area (Å²) in [5, 5.41) is 30.6. The summed E-state index contributed by atoms with van der Waals surface area (Å²) in [5.41, 5.74) is -0.930. The molecule has 2 aromatic carbocycles. The largest absolute Gasteiger partial charge is 0.477 e. The molecule has 2 aromatic rings. The minimum absolute atomic E-state index is 0.00611. The molecule has 8 heteroatoms. The van der Waals surface area contributed by atoms with E-state index in [0.717, 1.165) is 6.07 Å². The van der Waals surface area contributed by atoms with Gasteiger partial charge in [-0.2, -0.15) is 0 Å². The normalized spacial score (nSPS) is 10.1. The molecule has 0 unspecified atom stereocenters. The van der Waals surface area contributed by atoms with Gasteiger partial charge in [0.2, 0.25) is 0 Å². The van der Waals surface area contributed by atoms with E-state index in [-0.39, 0.29) is 11.3 Å². The molecule has 0 atom stereocenters. The maximum absolute atomic E-state index is 11.3. The van der Waals surface area contributed by atoms with Crippen molar-refractivity contribution in [2.45, 2.75) is 0 Å². The number of aromatic carboxylic acids is 1. The van der Waals surface area contributed by atoms with Gasteiger partial charge < -0.3 is 5.11 Å². The highest BCUT2D eigenvalue weighted by molar-refractivity contribution is 6.00. The van der Waals surface area contributed by atoms with Crippen molar-refractivity contribution in [2.75, 3.05) is 0 Å². The molecular formula is C13H7N2O6. The molecule has 0 saturated carbocycles. The van der Waals surface area contributed by atoms with Crippen molar-refractivity contribution in [3.05, 3.63) is 68.3 Å². The maximum Gasteiger partial charge on any atom is 0.343 e. The molecule has 105 valence electrons. The van der Waals surface area contributed by atoms with Crippen molar-refractivity contribution < 1.29 is 19.7 Å². The second-order valence-corrected chi connectivity index (χ2v) is 3.98. The molecule has 1 N–H and O–H groups in total. The number of carbonyl (C=O) groups is 1. The number of nitro benzene ring substituents is 2. The molecule has 0 aromatic heterocycles. The van der Waals surface area contributed by atoms with Crippen LogP contribution < -0.4 is 0 Å². The number of hydrogen-bond acceptors (Lipinski definition) is 5. The zero-order valence-electron chi connectivity index (χ0n) is 10.3. The molecule has 0 fully saturated rings. The monoisotopic (exact) mass is 287 g/mol. The van der Waals surface area contributed by atoms with Gasteiger partial charge in [0.05, 0.1) is 9.85 Å². The summed E-state index contributed by atoms with van der Waals surface area (Å²) in [5.74, 6) is -1.47. The fraction of sp³-hybridized carbons (Fsp3) is 0. The molecule has 0 aliphatic rings. The van der Waals surface area contributed by atoms with E-state index >= 15 is 0 Å². The smallest absolute Gasteiger partial charge is 0.343 e. The minimum atomic E-state index is -1.47. The summed E-state index contributed by atoms with van der Waals surface area (Å²) >= 11 is 0. The van der Waals surface area contributed by atoms with Crippen LogP contribution in [0.25, 0.3) is 11.1 Å². The van der Waals surface area contributed by atoms with E-state index in [4.69, 9.17) is 5.11 Å². The Labute approximate surface area is 117 Å². The van der Waals surface area contributed by atoms with Gasteiger partial charge in [-0.15, -0.1) is 0 Å². The van der Waals surface area contributed by atoms with Gasteiger partial charge in [0.15, 0.2) is 0 Å². The summed E-state index contributed by atoms with van der Waals surface area (Å²) in [4.78, 5) is 31.3. The van der Waals surface area contributed by atoms with E-state index < -0.39 is 27.1 Å². The molecule has 0 saturated heterocycles. The van der Waals surface area contributed by atoms with E-state index in [2.05, 4.69) is 6.07 Å². The highest BCUT2D eigenvalue weighted by Crippen LogP contribution is 2.31. The van der Waals surface area contributed by atoms with Crippen LogP contribution in [0.15, 0.2) is 36.4 Å². The van der Waals surface area contributed by atoms with Crippen LogP contribution in [0.3, 0.4) is 0 Å². The zero-order valence-corrected chi connectivity index (χ0v) is 10.3. The van der Waals surface area contributed by atoms with Crippen molar-refractivity contribution >= 4 is 17.3 Å². The Kier molecular flexibility index (Phi) is 3.61. The summed E-state index contributed by atoms with van der Waals surface area (Å²) < 4.78 is 0. The van der Waals surface area contributed by atoms with Crippen molar-refractivity contribution in [2.24, 2.45) is 0 Å². The Balaban J connectivity index is 2.63. The van der Waals surface area contributed by atoms with E-state index in [0.29, 0.717) is 5.56 Å². The number of non-ortho nitro benzene ring substituents is 1. The number of rotatable bonds is 4. The van der Waals surface area contributed by atoms with Gasteiger partial charge in [-0.3, -0.25) is 20.2 Å². The van der Waals surface area contributed by atoms with Gasteiger partial charge in [0.25, 0.3) is 11.4 Å². The van der Waals surface area contributed by atoms with Crippen LogP contribution in [0, 0.1) is 26.3 Å². The second-order valence-electron chi connectivity index (χ2n) is 3.98. The standard InChI is InChI=1S/C13H7N2O6/c16-13(17)12-10(2-1-3-11(12)15(20)21)8-4-6-9(7-5-8)14(18)19/h1,3-7H,(H,16,17). The number of nitro groups is 2. The number of benzene rings is 2. The van der Waals surface area contributed by atoms with Crippen molar-refractivity contribution in [3.8, 4) is 11.1 Å². The lowest BCUT2D eigenvalue weighted by Crippen LogP contribution is -2.05. The Morgan fingerprint density at radius 2 is 1.67 bits per heavy atom. The van der Waals surface area contributed by atoms with E-state index in [1.807, 2.05) is 0 Å². The third-order valence-corrected chi connectivity index (χ3v) is 2.75. The minimum Gasteiger partial charge on any atom is -0.477 e. The van der Waals surface area contributed by atoms with E-state index in [1.165, 1.54) is 30.3 Å². The number of carboxylic acids is 1. The van der Waals surface area contributed by atoms with Crippen LogP contribution in [0.1, 0.15) is 10.4 Å². The summed E-state index contributed by atoms with van der Waals surface area (Å²) in [7, 11) is 0. The maximum atomic E-state index is 11.3. The molecule has 0 aliphatic carbocycles. The number of nitrogens with zero attached hydrogens (tertiary/aromatic N) is 2. The molecule has 2 rings (SSSR count). The van der Waals surface area contributed by atoms with E-state index in [9.17, 15) is 25.0 Å². The average molecular weight is 287 g/mol. The van der Waals surface area contributed by atoms with Crippen LogP contribution in [-0.4, -0.2) is 20.9 Å². The molecular weight excluding hydrogens is 280 g/mol. The zero-order chi connectivity index (χ0) is 15.6. The molecule has 0 spiro atoms. The van der Waals surface area contributed by atoms with Crippen molar-refractivity contribution in [1.82, 2.24) is 0 Å². The predicted octanol–water partition coefficient (Wildman–Crippen LogP) is 2.67. The van der Waals surface area contributed by atoms with Crippen LogP contribution in [0.5, 0.6) is 0 Å². The van der Waals surface area contributed by atoms with E-state index in [1.54, 1.807) is 0 Å². The van der Waals surface area contributed by atoms with Crippen LogP contribution in [-0.2, 0) is 0 Å². The second kappa shape index (κ2) is 5.37. The first-order chi connectivity index (χ1) is 9.91. The Bertz CT molecular complexity index is 739. The van der Waals surface area contributed by atoms with Gasteiger partial charge in [0.1, 0.15) is 5.56 Å². The van der Waals surface area contributed by atoms with Crippen LogP contribution >= 0.6 is 0 Å². The van der Waals surface area contributed by atoms with Crippen LogP contribution in [0.2, 0.25) is 0 Å². The van der Waals surface area contributed by atoms with Gasteiger partial charge >= 0.3 is 5.97 Å². The Morgan fingerprint density at radius 3 is 2.14 bits per heavy atom. The first kappa shape index (κ1) is 14.1. The summed E-state index contributed by atoms with van der Waals surface area (Å²) in [6, 6.07) is 9.92. The lowest BCUT2D eigenvalue weighted by atomic mass is 9.98. The lowest BCUT2D eigenvalue weighted by molar-refractivity contribution is -0.385. The molecule has 0 amide bonds. The molecule has 1 radical (unpaired) electrons. The van der Waals surface area contributed by atoms with Gasteiger partial charge in [-0.1, -0.05) is 0 Å².